The first-order chi connectivity index (χ1) is 45.3. The molecular weight excluding hydrogens is 1190 g/mol. The van der Waals surface area contributed by atoms with E-state index in [0.717, 1.165) is 44.9 Å². The Morgan fingerprint density at radius 3 is 1.08 bits per heavy atom. The summed E-state index contributed by atoms with van der Waals surface area (Å²) in [4.78, 5) is 13.4. The summed E-state index contributed by atoms with van der Waals surface area (Å²) in [6.45, 7) is 1.75. The molecule has 12 N–H and O–H groups in total. The Morgan fingerprint density at radius 1 is 0.376 bits per heavy atom. The van der Waals surface area contributed by atoms with Crippen LogP contribution in [0, 0.1) is 0 Å². The van der Waals surface area contributed by atoms with Crippen molar-refractivity contribution in [3.8, 4) is 0 Å². The van der Waals surface area contributed by atoms with Crippen LogP contribution in [0.1, 0.15) is 296 Å². The van der Waals surface area contributed by atoms with Crippen LogP contribution in [0.25, 0.3) is 0 Å². The average Bonchev–Trinajstić information content (AvgIpc) is 0.816. The third-order valence-electron chi connectivity index (χ3n) is 18.9. The number of rotatable bonds is 59. The van der Waals surface area contributed by atoms with Gasteiger partial charge in [0, 0.05) is 6.42 Å². The smallest absolute Gasteiger partial charge is 0.220 e. The van der Waals surface area contributed by atoms with Crippen LogP contribution in [-0.2, 0) is 33.2 Å². The van der Waals surface area contributed by atoms with E-state index in [-0.39, 0.29) is 18.9 Å². The number of carbonyl (C=O) groups is 1. The fraction of sp³-hybridized carbons (Fsp3) is 0.905. The van der Waals surface area contributed by atoms with Crippen molar-refractivity contribution in [2.45, 2.75) is 401 Å². The predicted octanol–water partition coefficient (Wildman–Crippen LogP) is 11.2. The molecule has 0 radical (unpaired) electrons. The van der Waals surface area contributed by atoms with Crippen LogP contribution in [0.5, 0.6) is 0 Å². The molecule has 0 aromatic carbocycles. The maximum atomic E-state index is 13.4. The normalized spacial score (nSPS) is 27.7. The van der Waals surface area contributed by atoms with E-state index in [4.69, 9.17) is 28.4 Å². The summed E-state index contributed by atoms with van der Waals surface area (Å²) in [5.41, 5.74) is 0. The van der Waals surface area contributed by atoms with Gasteiger partial charge in [-0.2, -0.15) is 0 Å². The lowest BCUT2D eigenvalue weighted by molar-refractivity contribution is -0.379. The lowest BCUT2D eigenvalue weighted by Crippen LogP contribution is -2.66. The van der Waals surface area contributed by atoms with Crippen LogP contribution in [0.4, 0.5) is 0 Å². The van der Waals surface area contributed by atoms with Gasteiger partial charge in [0.2, 0.25) is 5.91 Å². The van der Waals surface area contributed by atoms with Gasteiger partial charge in [0.1, 0.15) is 73.2 Å². The Balaban J connectivity index is 1.42. The highest BCUT2D eigenvalue weighted by Crippen LogP contribution is 2.33. The molecule has 3 saturated heterocycles. The maximum Gasteiger partial charge on any atom is 0.220 e. The first kappa shape index (κ1) is 85.2. The molecule has 93 heavy (non-hydrogen) atoms. The van der Waals surface area contributed by atoms with Gasteiger partial charge in [0.25, 0.3) is 0 Å². The molecule has 0 bridgehead atoms. The molecule has 3 fully saturated rings. The standard InChI is InChI=1S/C74H137NO18/c1-3-5-7-9-11-13-15-17-19-21-23-25-27-28-29-30-32-34-36-38-40-42-44-46-48-50-52-62(80)75-57(58(79)51-49-47-45-43-41-39-37-35-33-31-26-24-22-20-18-16-14-12-10-8-6-4-2)56-88-72-68(86)65(83)70(60(54-77)90-72)93-74-69(87)66(84)71(61(55-78)91-74)92-73-67(85)64(82)63(81)59(53-76)89-73/h33,35,41,43,49,51,57-61,63-74,76-79,81-87H,3-32,34,36-40,42,44-48,50,52-56H2,1-2H3,(H,75,80)/b35-33+,43-41+,51-49+. The lowest BCUT2D eigenvalue weighted by Gasteiger charge is -2.48. The second-order valence-electron chi connectivity index (χ2n) is 27.1. The van der Waals surface area contributed by atoms with E-state index in [0.29, 0.717) is 12.8 Å². The molecule has 19 heteroatoms. The highest BCUT2D eigenvalue weighted by atomic mass is 16.8. The summed E-state index contributed by atoms with van der Waals surface area (Å²) < 4.78 is 34.4. The van der Waals surface area contributed by atoms with Crippen LogP contribution in [0.2, 0.25) is 0 Å². The zero-order valence-corrected chi connectivity index (χ0v) is 58.0. The van der Waals surface area contributed by atoms with Gasteiger partial charge in [-0.25, -0.2) is 0 Å². The van der Waals surface area contributed by atoms with E-state index < -0.39 is 124 Å². The van der Waals surface area contributed by atoms with E-state index in [2.05, 4.69) is 43.5 Å². The second-order valence-corrected chi connectivity index (χ2v) is 27.1. The van der Waals surface area contributed by atoms with Crippen molar-refractivity contribution < 1.29 is 89.4 Å². The molecule has 546 valence electrons. The zero-order chi connectivity index (χ0) is 67.5. The molecule has 0 aliphatic carbocycles. The molecule has 17 unspecified atom stereocenters. The summed E-state index contributed by atoms with van der Waals surface area (Å²) in [7, 11) is 0. The Hall–Kier alpha value is -1.99. The number of amides is 1. The Labute approximate surface area is 561 Å². The quantitative estimate of drug-likeness (QED) is 0.0199. The van der Waals surface area contributed by atoms with E-state index in [9.17, 15) is 61.0 Å². The molecule has 1 amide bonds. The van der Waals surface area contributed by atoms with Crippen LogP contribution in [-0.4, -0.2) is 193 Å². The second kappa shape index (κ2) is 55.8. The van der Waals surface area contributed by atoms with Crippen LogP contribution in [0.15, 0.2) is 36.5 Å². The molecule has 3 heterocycles. The number of unbranched alkanes of at least 4 members (excludes halogenated alkanes) is 39. The lowest BCUT2D eigenvalue weighted by atomic mass is 9.96. The van der Waals surface area contributed by atoms with Crippen LogP contribution < -0.4 is 5.32 Å². The topological polar surface area (TPSA) is 307 Å². The molecule has 3 aliphatic heterocycles. The Bertz CT molecular complexity index is 1830. The summed E-state index contributed by atoms with van der Waals surface area (Å²) in [6.07, 6.45) is 39.9. The van der Waals surface area contributed by atoms with Gasteiger partial charge in [0.05, 0.1) is 38.6 Å². The number of aliphatic hydroxyl groups excluding tert-OH is 11. The van der Waals surface area contributed by atoms with Crippen molar-refractivity contribution in [2.75, 3.05) is 26.4 Å². The third-order valence-corrected chi connectivity index (χ3v) is 18.9. The molecular formula is C74H137NO18. The molecule has 0 spiro atoms. The minimum atomic E-state index is -1.98. The maximum absolute atomic E-state index is 13.4. The van der Waals surface area contributed by atoms with E-state index in [1.54, 1.807) is 6.08 Å². The summed E-state index contributed by atoms with van der Waals surface area (Å²) in [5, 5.41) is 121. The van der Waals surface area contributed by atoms with Gasteiger partial charge in [0.15, 0.2) is 18.9 Å². The molecule has 0 aromatic heterocycles. The number of hydrogen-bond donors (Lipinski definition) is 12. The monoisotopic (exact) mass is 1330 g/mol. The van der Waals surface area contributed by atoms with Crippen LogP contribution >= 0.6 is 0 Å². The number of allylic oxidation sites excluding steroid dienone is 5. The molecule has 3 rings (SSSR count). The van der Waals surface area contributed by atoms with Gasteiger partial charge in [-0.3, -0.25) is 4.79 Å². The minimum Gasteiger partial charge on any atom is -0.394 e. The van der Waals surface area contributed by atoms with Gasteiger partial charge in [-0.1, -0.05) is 281 Å². The molecule has 17 atom stereocenters. The van der Waals surface area contributed by atoms with Crippen molar-refractivity contribution in [3.63, 3.8) is 0 Å². The van der Waals surface area contributed by atoms with Gasteiger partial charge < -0.3 is 89.9 Å². The predicted molar refractivity (Wildman–Crippen MR) is 365 cm³/mol. The largest absolute Gasteiger partial charge is 0.394 e. The molecule has 0 saturated carbocycles. The summed E-state index contributed by atoms with van der Waals surface area (Å²) >= 11 is 0. The number of hydrogen-bond acceptors (Lipinski definition) is 18. The third kappa shape index (κ3) is 37.1. The van der Waals surface area contributed by atoms with Gasteiger partial charge >= 0.3 is 0 Å². The number of ether oxygens (including phenoxy) is 6. The first-order valence-corrected chi connectivity index (χ1v) is 37.7. The highest BCUT2D eigenvalue weighted by molar-refractivity contribution is 5.76. The number of nitrogens with one attached hydrogen (secondary N) is 1. The van der Waals surface area contributed by atoms with Gasteiger partial charge in [-0.05, 0) is 44.9 Å². The van der Waals surface area contributed by atoms with Crippen molar-refractivity contribution in [3.05, 3.63) is 36.5 Å². The summed E-state index contributed by atoms with van der Waals surface area (Å²) in [5.74, 6) is -0.284. The van der Waals surface area contributed by atoms with E-state index >= 15 is 0 Å². The fourth-order valence-corrected chi connectivity index (χ4v) is 12.8. The van der Waals surface area contributed by atoms with Crippen molar-refractivity contribution >= 4 is 5.91 Å². The highest BCUT2D eigenvalue weighted by Gasteiger charge is 2.53. The molecule has 0 aromatic rings. The SMILES string of the molecule is CCCCCCCCCCCCCC/C=C/CC/C=C/CC/C=C/C(O)C(COC1OC(CO)C(OC2OC(CO)C(OC3OC(CO)C(O)C(O)C3O)C(O)C2O)C(O)C1O)NC(=O)CCCCCCCCCCCCCCCCCCCCCCCCCCCC. The Morgan fingerprint density at radius 2 is 0.688 bits per heavy atom. The molecule has 19 nitrogen and oxygen atoms in total. The van der Waals surface area contributed by atoms with Gasteiger partial charge in [-0.15, -0.1) is 0 Å². The van der Waals surface area contributed by atoms with Crippen molar-refractivity contribution in [1.82, 2.24) is 5.32 Å². The molecule has 3 aliphatic rings. The number of carbonyl (C=O) groups excluding carboxylic acids is 1. The number of aliphatic hydroxyl groups is 11. The Kier molecular flexibility index (Phi) is 51.2. The van der Waals surface area contributed by atoms with E-state index in [1.165, 1.54) is 218 Å². The van der Waals surface area contributed by atoms with Crippen molar-refractivity contribution in [2.24, 2.45) is 0 Å². The summed E-state index contributed by atoms with van der Waals surface area (Å²) in [6, 6.07) is -0.995. The van der Waals surface area contributed by atoms with E-state index in [1.807, 2.05) is 6.08 Å². The zero-order valence-electron chi connectivity index (χ0n) is 58.0. The minimum absolute atomic E-state index is 0.236. The van der Waals surface area contributed by atoms with Crippen molar-refractivity contribution in [1.29, 1.82) is 0 Å². The van der Waals surface area contributed by atoms with Crippen LogP contribution in [0.3, 0.4) is 0 Å². The first-order valence-electron chi connectivity index (χ1n) is 37.7. The average molecular weight is 1330 g/mol. The fourth-order valence-electron chi connectivity index (χ4n) is 12.8.